The van der Waals surface area contributed by atoms with Crippen molar-refractivity contribution in [1.82, 2.24) is 9.80 Å². The summed E-state index contributed by atoms with van der Waals surface area (Å²) < 4.78 is 18.6. The molecule has 22 heavy (non-hydrogen) atoms. The molecule has 122 valence electrons. The fourth-order valence-electron chi connectivity index (χ4n) is 3.95. The van der Waals surface area contributed by atoms with Gasteiger partial charge in [0, 0.05) is 38.4 Å². The molecule has 2 fully saturated rings. The molecule has 0 aromatic heterocycles. The maximum Gasteiger partial charge on any atom is 0.123 e. The quantitative estimate of drug-likeness (QED) is 0.832. The van der Waals surface area contributed by atoms with Crippen LogP contribution in [-0.2, 0) is 11.3 Å². The summed E-state index contributed by atoms with van der Waals surface area (Å²) in [6, 6.07) is 6.89. The van der Waals surface area contributed by atoms with E-state index in [1.54, 1.807) is 12.1 Å². The molecule has 0 aliphatic carbocycles. The van der Waals surface area contributed by atoms with Gasteiger partial charge in [0.1, 0.15) is 5.82 Å². The Morgan fingerprint density at radius 1 is 1.27 bits per heavy atom. The lowest BCUT2D eigenvalue weighted by atomic mass is 9.75. The van der Waals surface area contributed by atoms with Crippen LogP contribution in [0.15, 0.2) is 24.3 Å². The van der Waals surface area contributed by atoms with Crippen LogP contribution >= 0.6 is 0 Å². The third-order valence-electron chi connectivity index (χ3n) is 5.26. The first-order chi connectivity index (χ1) is 10.6. The van der Waals surface area contributed by atoms with Crippen molar-refractivity contribution < 1.29 is 9.13 Å². The predicted molar refractivity (Wildman–Crippen MR) is 86.3 cm³/mol. The zero-order valence-corrected chi connectivity index (χ0v) is 13.7. The Bertz CT molecular complexity index is 482. The summed E-state index contributed by atoms with van der Waals surface area (Å²) >= 11 is 0. The Balaban J connectivity index is 1.54. The Kier molecular flexibility index (Phi) is 4.81. The lowest BCUT2D eigenvalue weighted by molar-refractivity contribution is -0.0922. The minimum Gasteiger partial charge on any atom is -0.381 e. The molecule has 0 N–H and O–H groups in total. The van der Waals surface area contributed by atoms with E-state index in [0.29, 0.717) is 11.5 Å². The van der Waals surface area contributed by atoms with Crippen LogP contribution in [0.3, 0.4) is 0 Å². The average Bonchev–Trinajstić information content (AvgIpc) is 2.48. The maximum absolute atomic E-state index is 13.0. The highest BCUT2D eigenvalue weighted by atomic mass is 19.1. The molecule has 0 amide bonds. The van der Waals surface area contributed by atoms with Crippen molar-refractivity contribution in [2.24, 2.45) is 5.92 Å². The summed E-state index contributed by atoms with van der Waals surface area (Å²) in [5.74, 6) is 0.540. The van der Waals surface area contributed by atoms with E-state index in [1.165, 1.54) is 24.9 Å². The van der Waals surface area contributed by atoms with Gasteiger partial charge >= 0.3 is 0 Å². The van der Waals surface area contributed by atoms with E-state index in [4.69, 9.17) is 4.74 Å². The summed E-state index contributed by atoms with van der Waals surface area (Å²) in [6.07, 6.45) is 2.49. The first-order valence-electron chi connectivity index (χ1n) is 8.37. The lowest BCUT2D eigenvalue weighted by Gasteiger charge is -2.58. The molecule has 2 saturated heterocycles. The van der Waals surface area contributed by atoms with Crippen molar-refractivity contribution in [2.45, 2.75) is 31.8 Å². The topological polar surface area (TPSA) is 15.7 Å². The Morgan fingerprint density at radius 3 is 2.68 bits per heavy atom. The summed E-state index contributed by atoms with van der Waals surface area (Å²) in [7, 11) is 2.26. The van der Waals surface area contributed by atoms with Crippen LogP contribution in [0.25, 0.3) is 0 Å². The molecule has 2 heterocycles. The number of benzene rings is 1. The predicted octanol–water partition coefficient (Wildman–Crippen LogP) is 2.76. The van der Waals surface area contributed by atoms with Gasteiger partial charge in [0.15, 0.2) is 0 Å². The molecule has 1 spiro atoms. The molecule has 3 nitrogen and oxygen atoms in total. The monoisotopic (exact) mass is 306 g/mol. The molecular formula is C18H27FN2O. The standard InChI is InChI=1S/C18H27FN2O/c1-3-22-12-16-8-9-20(2)18(10-16)13-21(14-18)11-15-4-6-17(19)7-5-15/h4-7,16H,3,8-14H2,1-2H3/t16-/m0/s1. The van der Waals surface area contributed by atoms with E-state index in [-0.39, 0.29) is 5.82 Å². The van der Waals surface area contributed by atoms with Gasteiger partial charge in [-0.2, -0.15) is 0 Å². The first-order valence-corrected chi connectivity index (χ1v) is 8.37. The number of rotatable bonds is 5. The third kappa shape index (κ3) is 3.34. The van der Waals surface area contributed by atoms with Crippen LogP contribution in [-0.4, -0.2) is 55.2 Å². The third-order valence-corrected chi connectivity index (χ3v) is 5.26. The molecular weight excluding hydrogens is 279 g/mol. The summed E-state index contributed by atoms with van der Waals surface area (Å²) in [6.45, 7) is 8.11. The molecule has 4 heteroatoms. The molecule has 1 aromatic rings. The normalized spacial score (nSPS) is 25.3. The van der Waals surface area contributed by atoms with E-state index < -0.39 is 0 Å². The number of nitrogens with zero attached hydrogens (tertiary/aromatic N) is 2. The zero-order valence-electron chi connectivity index (χ0n) is 13.7. The molecule has 2 aliphatic heterocycles. The van der Waals surface area contributed by atoms with Crippen LogP contribution in [0, 0.1) is 11.7 Å². The van der Waals surface area contributed by atoms with Gasteiger partial charge in [-0.1, -0.05) is 12.1 Å². The molecule has 3 rings (SSSR count). The average molecular weight is 306 g/mol. The second-order valence-electron chi connectivity index (χ2n) is 6.94. The van der Waals surface area contributed by atoms with E-state index in [2.05, 4.69) is 23.8 Å². The van der Waals surface area contributed by atoms with Gasteiger partial charge < -0.3 is 4.74 Å². The fraction of sp³-hybridized carbons (Fsp3) is 0.667. The lowest BCUT2D eigenvalue weighted by Crippen LogP contribution is -2.71. The molecule has 1 aromatic carbocycles. The van der Waals surface area contributed by atoms with Crippen molar-refractivity contribution in [3.05, 3.63) is 35.6 Å². The number of halogens is 1. The summed E-state index contributed by atoms with van der Waals surface area (Å²) in [5, 5.41) is 0. The van der Waals surface area contributed by atoms with Crippen LogP contribution in [0.1, 0.15) is 25.3 Å². The highest BCUT2D eigenvalue weighted by Gasteiger charge is 2.48. The second kappa shape index (κ2) is 6.65. The van der Waals surface area contributed by atoms with Crippen molar-refractivity contribution in [3.63, 3.8) is 0 Å². The fourth-order valence-corrected chi connectivity index (χ4v) is 3.95. The molecule has 0 bridgehead atoms. The SMILES string of the molecule is CCOC[C@H]1CCN(C)C2(C1)CN(Cc1ccc(F)cc1)C2. The van der Waals surface area contributed by atoms with E-state index in [1.807, 2.05) is 12.1 Å². The zero-order chi connectivity index (χ0) is 15.6. The van der Waals surface area contributed by atoms with E-state index >= 15 is 0 Å². The second-order valence-corrected chi connectivity index (χ2v) is 6.94. The van der Waals surface area contributed by atoms with Crippen molar-refractivity contribution in [3.8, 4) is 0 Å². The summed E-state index contributed by atoms with van der Waals surface area (Å²) in [4.78, 5) is 5.00. The van der Waals surface area contributed by atoms with Crippen LogP contribution in [0.2, 0.25) is 0 Å². The molecule has 2 aliphatic rings. The Hall–Kier alpha value is -0.970. The number of likely N-dealkylation sites (tertiary alicyclic amines) is 2. The van der Waals surface area contributed by atoms with E-state index in [0.717, 1.165) is 32.8 Å². The van der Waals surface area contributed by atoms with Crippen molar-refractivity contribution in [1.29, 1.82) is 0 Å². The molecule has 0 radical (unpaired) electrons. The van der Waals surface area contributed by atoms with Crippen LogP contribution in [0.5, 0.6) is 0 Å². The van der Waals surface area contributed by atoms with Crippen LogP contribution < -0.4 is 0 Å². The molecule has 0 unspecified atom stereocenters. The Labute approximate surface area is 133 Å². The van der Waals surface area contributed by atoms with Gasteiger partial charge in [0.25, 0.3) is 0 Å². The number of hydrogen-bond acceptors (Lipinski definition) is 3. The van der Waals surface area contributed by atoms with Crippen LogP contribution in [0.4, 0.5) is 4.39 Å². The van der Waals surface area contributed by atoms with Gasteiger partial charge in [-0.3, -0.25) is 9.80 Å². The molecule has 1 atom stereocenters. The molecule has 0 saturated carbocycles. The van der Waals surface area contributed by atoms with Gasteiger partial charge in [0.2, 0.25) is 0 Å². The highest BCUT2D eigenvalue weighted by molar-refractivity contribution is 5.17. The maximum atomic E-state index is 13.0. The minimum absolute atomic E-state index is 0.158. The largest absolute Gasteiger partial charge is 0.381 e. The number of likely N-dealkylation sites (N-methyl/N-ethyl adjacent to an activating group) is 1. The first kappa shape index (κ1) is 15.9. The van der Waals surface area contributed by atoms with Gasteiger partial charge in [-0.05, 0) is 57.0 Å². The van der Waals surface area contributed by atoms with Gasteiger partial charge in [-0.25, -0.2) is 4.39 Å². The number of ether oxygens (including phenoxy) is 1. The van der Waals surface area contributed by atoms with E-state index in [9.17, 15) is 4.39 Å². The smallest absolute Gasteiger partial charge is 0.123 e. The minimum atomic E-state index is -0.158. The number of piperidine rings is 1. The van der Waals surface area contributed by atoms with Crippen molar-refractivity contribution >= 4 is 0 Å². The van der Waals surface area contributed by atoms with Crippen molar-refractivity contribution in [2.75, 3.05) is 39.9 Å². The van der Waals surface area contributed by atoms with Gasteiger partial charge in [-0.15, -0.1) is 0 Å². The highest BCUT2D eigenvalue weighted by Crippen LogP contribution is 2.38. The number of hydrogen-bond donors (Lipinski definition) is 0. The summed E-state index contributed by atoms with van der Waals surface area (Å²) in [5.41, 5.74) is 1.53. The Morgan fingerprint density at radius 2 is 2.00 bits per heavy atom. The van der Waals surface area contributed by atoms with Gasteiger partial charge in [0.05, 0.1) is 0 Å².